The van der Waals surface area contributed by atoms with E-state index < -0.39 is 0 Å². The van der Waals surface area contributed by atoms with E-state index in [1.54, 1.807) is 17.1 Å². The topological polar surface area (TPSA) is 50.7 Å². The standard InChI is InChI=1S/C20H23N3O/c1-3-4-5-7-16-9-11-18(12-10-16)23-20(24)15(2)19(22-23)17-8-6-13-21-14-17/h6,8-14,22H,3-5,7H2,1-2H3. The third kappa shape index (κ3) is 3.32. The molecule has 0 aliphatic carbocycles. The summed E-state index contributed by atoms with van der Waals surface area (Å²) in [6.07, 6.45) is 8.28. The highest BCUT2D eigenvalue weighted by molar-refractivity contribution is 5.61. The number of benzene rings is 1. The van der Waals surface area contributed by atoms with E-state index >= 15 is 0 Å². The molecule has 0 spiro atoms. The molecule has 124 valence electrons. The highest BCUT2D eigenvalue weighted by Crippen LogP contribution is 2.19. The van der Waals surface area contributed by atoms with Gasteiger partial charge in [-0.25, -0.2) is 4.68 Å². The smallest absolute Gasteiger partial charge is 0.274 e. The molecule has 0 saturated carbocycles. The maximum Gasteiger partial charge on any atom is 0.274 e. The second-order valence-electron chi connectivity index (χ2n) is 6.12. The molecule has 2 aromatic heterocycles. The highest BCUT2D eigenvalue weighted by Gasteiger charge is 2.13. The molecule has 0 aliphatic rings. The van der Waals surface area contributed by atoms with E-state index in [0.717, 1.165) is 23.4 Å². The summed E-state index contributed by atoms with van der Waals surface area (Å²) >= 11 is 0. The molecule has 1 aromatic carbocycles. The number of unbranched alkanes of at least 4 members (excludes halogenated alkanes) is 2. The summed E-state index contributed by atoms with van der Waals surface area (Å²) in [6.45, 7) is 4.06. The number of hydrogen-bond acceptors (Lipinski definition) is 2. The van der Waals surface area contributed by atoms with Crippen molar-refractivity contribution in [1.29, 1.82) is 0 Å². The zero-order chi connectivity index (χ0) is 16.9. The van der Waals surface area contributed by atoms with Gasteiger partial charge in [0.1, 0.15) is 0 Å². The van der Waals surface area contributed by atoms with Crippen LogP contribution in [0.4, 0.5) is 0 Å². The molecule has 0 bridgehead atoms. The molecule has 4 heteroatoms. The third-order valence-corrected chi connectivity index (χ3v) is 4.34. The quantitative estimate of drug-likeness (QED) is 0.689. The van der Waals surface area contributed by atoms with Gasteiger partial charge in [0, 0.05) is 23.5 Å². The molecule has 0 unspecified atom stereocenters. The summed E-state index contributed by atoms with van der Waals surface area (Å²) in [4.78, 5) is 16.7. The Morgan fingerprint density at radius 3 is 2.58 bits per heavy atom. The summed E-state index contributed by atoms with van der Waals surface area (Å²) in [6, 6.07) is 12.0. The molecular weight excluding hydrogens is 298 g/mol. The maximum atomic E-state index is 12.6. The van der Waals surface area contributed by atoms with Crippen molar-refractivity contribution in [3.8, 4) is 16.9 Å². The molecule has 3 aromatic rings. The third-order valence-electron chi connectivity index (χ3n) is 4.34. The monoisotopic (exact) mass is 321 g/mol. The van der Waals surface area contributed by atoms with Crippen molar-refractivity contribution < 1.29 is 0 Å². The minimum Gasteiger partial charge on any atom is -0.290 e. The van der Waals surface area contributed by atoms with Gasteiger partial charge in [0.15, 0.2) is 0 Å². The van der Waals surface area contributed by atoms with E-state index in [4.69, 9.17) is 0 Å². The number of nitrogens with zero attached hydrogens (tertiary/aromatic N) is 2. The van der Waals surface area contributed by atoms with Crippen molar-refractivity contribution in [3.63, 3.8) is 0 Å². The number of aryl methyl sites for hydroxylation is 1. The largest absolute Gasteiger partial charge is 0.290 e. The normalized spacial score (nSPS) is 10.9. The lowest BCUT2D eigenvalue weighted by Crippen LogP contribution is -2.15. The first-order valence-corrected chi connectivity index (χ1v) is 8.52. The molecule has 0 radical (unpaired) electrons. The number of pyridine rings is 1. The number of nitrogens with one attached hydrogen (secondary N) is 1. The first-order chi connectivity index (χ1) is 11.7. The molecule has 0 fully saturated rings. The fourth-order valence-electron chi connectivity index (χ4n) is 2.89. The van der Waals surface area contributed by atoms with Crippen LogP contribution in [-0.4, -0.2) is 14.8 Å². The van der Waals surface area contributed by atoms with E-state index in [0.29, 0.717) is 5.56 Å². The predicted molar refractivity (Wildman–Crippen MR) is 97.6 cm³/mol. The van der Waals surface area contributed by atoms with Gasteiger partial charge in [0.05, 0.1) is 11.4 Å². The lowest BCUT2D eigenvalue weighted by Gasteiger charge is -2.05. The van der Waals surface area contributed by atoms with Crippen molar-refractivity contribution >= 4 is 0 Å². The van der Waals surface area contributed by atoms with Gasteiger partial charge in [-0.2, -0.15) is 0 Å². The first-order valence-electron chi connectivity index (χ1n) is 8.52. The second kappa shape index (κ2) is 7.30. The lowest BCUT2D eigenvalue weighted by atomic mass is 10.1. The predicted octanol–water partition coefficient (Wildman–Crippen LogP) is 4.27. The van der Waals surface area contributed by atoms with Crippen molar-refractivity contribution in [2.75, 3.05) is 0 Å². The van der Waals surface area contributed by atoms with Crippen LogP contribution >= 0.6 is 0 Å². The van der Waals surface area contributed by atoms with Crippen LogP contribution in [0.5, 0.6) is 0 Å². The number of H-pyrrole nitrogens is 1. The first kappa shape index (κ1) is 16.2. The van der Waals surface area contributed by atoms with Gasteiger partial charge in [0.2, 0.25) is 0 Å². The Morgan fingerprint density at radius 2 is 1.92 bits per heavy atom. The van der Waals surface area contributed by atoms with Crippen molar-refractivity contribution in [2.24, 2.45) is 0 Å². The highest BCUT2D eigenvalue weighted by atomic mass is 16.1. The number of aromatic amines is 1. The number of hydrogen-bond donors (Lipinski definition) is 1. The summed E-state index contributed by atoms with van der Waals surface area (Å²) < 4.78 is 1.60. The van der Waals surface area contributed by atoms with Crippen LogP contribution < -0.4 is 5.56 Å². The molecule has 0 amide bonds. The van der Waals surface area contributed by atoms with Gasteiger partial charge in [-0.1, -0.05) is 31.9 Å². The molecule has 2 heterocycles. The van der Waals surface area contributed by atoms with Crippen LogP contribution in [-0.2, 0) is 6.42 Å². The molecule has 24 heavy (non-hydrogen) atoms. The van der Waals surface area contributed by atoms with Crippen LogP contribution in [0.1, 0.15) is 37.3 Å². The Bertz CT molecular complexity index is 845. The van der Waals surface area contributed by atoms with E-state index in [-0.39, 0.29) is 5.56 Å². The van der Waals surface area contributed by atoms with Crippen LogP contribution in [0.2, 0.25) is 0 Å². The van der Waals surface area contributed by atoms with Crippen molar-refractivity contribution in [2.45, 2.75) is 39.5 Å². The number of aromatic nitrogens is 3. The van der Waals surface area contributed by atoms with Gasteiger partial charge in [0.25, 0.3) is 5.56 Å². The summed E-state index contributed by atoms with van der Waals surface area (Å²) in [5, 5.41) is 3.22. The van der Waals surface area contributed by atoms with Crippen molar-refractivity contribution in [3.05, 3.63) is 70.3 Å². The van der Waals surface area contributed by atoms with Crippen molar-refractivity contribution in [1.82, 2.24) is 14.8 Å². The minimum atomic E-state index is -0.0208. The molecule has 0 saturated heterocycles. The van der Waals surface area contributed by atoms with Crippen LogP contribution in [0.3, 0.4) is 0 Å². The average molecular weight is 321 g/mol. The molecular formula is C20H23N3O. The second-order valence-corrected chi connectivity index (χ2v) is 6.12. The van der Waals surface area contributed by atoms with Gasteiger partial charge in [-0.05, 0) is 49.6 Å². The molecule has 3 rings (SSSR count). The molecule has 4 nitrogen and oxygen atoms in total. The van der Waals surface area contributed by atoms with Crippen LogP contribution in [0, 0.1) is 6.92 Å². The molecule has 1 N–H and O–H groups in total. The summed E-state index contributed by atoms with van der Waals surface area (Å²) in [5.74, 6) is 0. The molecule has 0 atom stereocenters. The Balaban J connectivity index is 1.89. The minimum absolute atomic E-state index is 0.0208. The zero-order valence-electron chi connectivity index (χ0n) is 14.2. The fraction of sp³-hybridized carbons (Fsp3) is 0.300. The maximum absolute atomic E-state index is 12.6. The van der Waals surface area contributed by atoms with E-state index in [1.807, 2.05) is 31.2 Å². The summed E-state index contributed by atoms with van der Waals surface area (Å²) in [7, 11) is 0. The molecule has 0 aliphatic heterocycles. The zero-order valence-corrected chi connectivity index (χ0v) is 14.2. The van der Waals surface area contributed by atoms with Gasteiger partial charge in [-0.15, -0.1) is 0 Å². The summed E-state index contributed by atoms with van der Waals surface area (Å²) in [5.41, 5.74) is 4.60. The van der Waals surface area contributed by atoms with E-state index in [1.165, 1.54) is 24.8 Å². The Labute approximate surface area is 142 Å². The van der Waals surface area contributed by atoms with Gasteiger partial charge in [-0.3, -0.25) is 14.9 Å². The van der Waals surface area contributed by atoms with Crippen LogP contribution in [0.25, 0.3) is 16.9 Å². The Kier molecular flexibility index (Phi) is 4.94. The van der Waals surface area contributed by atoms with Gasteiger partial charge < -0.3 is 0 Å². The van der Waals surface area contributed by atoms with E-state index in [2.05, 4.69) is 29.1 Å². The average Bonchev–Trinajstić information content (AvgIpc) is 2.92. The Hall–Kier alpha value is -2.62. The van der Waals surface area contributed by atoms with Gasteiger partial charge >= 0.3 is 0 Å². The SMILES string of the molecule is CCCCCc1ccc(-n2[nH]c(-c3cccnc3)c(C)c2=O)cc1. The number of rotatable bonds is 6. The lowest BCUT2D eigenvalue weighted by molar-refractivity contribution is 0.717. The fourth-order valence-corrected chi connectivity index (χ4v) is 2.89. The van der Waals surface area contributed by atoms with E-state index in [9.17, 15) is 4.79 Å². The Morgan fingerprint density at radius 1 is 1.12 bits per heavy atom. The van der Waals surface area contributed by atoms with Crippen LogP contribution in [0.15, 0.2) is 53.6 Å².